The highest BCUT2D eigenvalue weighted by molar-refractivity contribution is 8.18. The Morgan fingerprint density at radius 3 is 2.71 bits per heavy atom. The van der Waals surface area contributed by atoms with E-state index in [1.807, 2.05) is 6.92 Å². The smallest absolute Gasteiger partial charge is 0.293 e. The third-order valence-corrected chi connectivity index (χ3v) is 5.41. The zero-order valence-corrected chi connectivity index (χ0v) is 16.9. The quantitative estimate of drug-likeness (QED) is 0.524. The third kappa shape index (κ3) is 4.75. The van der Waals surface area contributed by atoms with Crippen LogP contribution in [0.1, 0.15) is 30.9 Å². The van der Waals surface area contributed by atoms with Crippen molar-refractivity contribution in [3.8, 4) is 5.75 Å². The molecule has 1 aliphatic rings. The second-order valence-electron chi connectivity index (χ2n) is 6.26. The molecule has 28 heavy (non-hydrogen) atoms. The SMILES string of the molecule is CCCCN1C(=O)S/C(=C\c2ccc(OCc3ccccc3F)c(Cl)c2)C1=O. The molecule has 1 aliphatic heterocycles. The van der Waals surface area contributed by atoms with Gasteiger partial charge < -0.3 is 4.74 Å². The van der Waals surface area contributed by atoms with Crippen LogP contribution in [0.3, 0.4) is 0 Å². The Bertz CT molecular complexity index is 932. The molecule has 0 atom stereocenters. The normalized spacial score (nSPS) is 15.5. The van der Waals surface area contributed by atoms with Gasteiger partial charge >= 0.3 is 0 Å². The second-order valence-corrected chi connectivity index (χ2v) is 7.66. The molecule has 2 aromatic carbocycles. The van der Waals surface area contributed by atoms with Crippen LogP contribution in [0, 0.1) is 5.82 Å². The van der Waals surface area contributed by atoms with Crippen molar-refractivity contribution in [3.63, 3.8) is 0 Å². The highest BCUT2D eigenvalue weighted by atomic mass is 35.5. The maximum atomic E-state index is 13.7. The summed E-state index contributed by atoms with van der Waals surface area (Å²) in [6.45, 7) is 2.50. The van der Waals surface area contributed by atoms with Crippen LogP contribution in [0.4, 0.5) is 9.18 Å². The van der Waals surface area contributed by atoms with Crippen molar-refractivity contribution >= 4 is 40.6 Å². The molecule has 0 unspecified atom stereocenters. The number of benzene rings is 2. The predicted molar refractivity (Wildman–Crippen MR) is 110 cm³/mol. The molecular weight excluding hydrogens is 401 g/mol. The van der Waals surface area contributed by atoms with Gasteiger partial charge in [-0.1, -0.05) is 49.2 Å². The Kier molecular flexibility index (Phi) is 6.75. The molecule has 0 aromatic heterocycles. The minimum absolute atomic E-state index is 0.0576. The number of imide groups is 1. The number of ether oxygens (including phenoxy) is 1. The van der Waals surface area contributed by atoms with Crippen LogP contribution in [0.2, 0.25) is 5.02 Å². The Morgan fingerprint density at radius 2 is 2.00 bits per heavy atom. The number of carbonyl (C=O) groups is 2. The number of carbonyl (C=O) groups excluding carboxylic acids is 2. The third-order valence-electron chi connectivity index (χ3n) is 4.20. The average molecular weight is 420 g/mol. The number of halogens is 2. The summed E-state index contributed by atoms with van der Waals surface area (Å²) >= 11 is 7.19. The summed E-state index contributed by atoms with van der Waals surface area (Å²) in [5, 5.41) is 0.0935. The van der Waals surface area contributed by atoms with Crippen LogP contribution in [0.5, 0.6) is 5.75 Å². The van der Waals surface area contributed by atoms with Crippen molar-refractivity contribution in [2.75, 3.05) is 6.54 Å². The largest absolute Gasteiger partial charge is 0.487 e. The van der Waals surface area contributed by atoms with Gasteiger partial charge in [0, 0.05) is 12.1 Å². The summed E-state index contributed by atoms with van der Waals surface area (Å²) in [5.41, 5.74) is 1.12. The summed E-state index contributed by atoms with van der Waals surface area (Å²) in [6, 6.07) is 11.4. The molecule has 1 saturated heterocycles. The molecule has 1 heterocycles. The fourth-order valence-electron chi connectivity index (χ4n) is 2.66. The van der Waals surface area contributed by atoms with Crippen LogP contribution in [0.15, 0.2) is 47.4 Å². The topological polar surface area (TPSA) is 46.6 Å². The van der Waals surface area contributed by atoms with Gasteiger partial charge in [0.25, 0.3) is 11.1 Å². The molecule has 146 valence electrons. The molecule has 2 amide bonds. The van der Waals surface area contributed by atoms with E-state index in [9.17, 15) is 14.0 Å². The lowest BCUT2D eigenvalue weighted by Gasteiger charge is -2.11. The van der Waals surface area contributed by atoms with Crippen LogP contribution in [-0.2, 0) is 11.4 Å². The highest BCUT2D eigenvalue weighted by Crippen LogP contribution is 2.34. The Morgan fingerprint density at radius 1 is 1.21 bits per heavy atom. The molecule has 3 rings (SSSR count). The number of unbranched alkanes of at least 4 members (excludes halogenated alkanes) is 1. The number of nitrogens with zero attached hydrogens (tertiary/aromatic N) is 1. The minimum Gasteiger partial charge on any atom is -0.487 e. The highest BCUT2D eigenvalue weighted by Gasteiger charge is 2.34. The molecule has 0 aliphatic carbocycles. The van der Waals surface area contributed by atoms with E-state index in [4.69, 9.17) is 16.3 Å². The average Bonchev–Trinajstić information content (AvgIpc) is 2.93. The van der Waals surface area contributed by atoms with E-state index in [1.54, 1.807) is 42.5 Å². The summed E-state index contributed by atoms with van der Waals surface area (Å²) in [5.74, 6) is -0.202. The molecule has 4 nitrogen and oxygen atoms in total. The van der Waals surface area contributed by atoms with Gasteiger partial charge in [-0.05, 0) is 48.0 Å². The van der Waals surface area contributed by atoms with E-state index >= 15 is 0 Å². The summed E-state index contributed by atoms with van der Waals surface area (Å²) in [7, 11) is 0. The van der Waals surface area contributed by atoms with E-state index < -0.39 is 0 Å². The second kappa shape index (κ2) is 9.26. The Hall–Kier alpha value is -2.31. The molecule has 0 N–H and O–H groups in total. The Labute approximate surface area is 172 Å². The van der Waals surface area contributed by atoms with Crippen molar-refractivity contribution < 1.29 is 18.7 Å². The summed E-state index contributed by atoms with van der Waals surface area (Å²) in [6.07, 6.45) is 3.33. The molecule has 0 bridgehead atoms. The van der Waals surface area contributed by atoms with E-state index in [1.165, 1.54) is 11.0 Å². The first-order valence-corrected chi connectivity index (χ1v) is 10.1. The maximum absolute atomic E-state index is 13.7. The maximum Gasteiger partial charge on any atom is 0.293 e. The summed E-state index contributed by atoms with van der Waals surface area (Å²) in [4.78, 5) is 26.0. The molecule has 0 spiro atoms. The minimum atomic E-state index is -0.339. The molecule has 7 heteroatoms. The number of thioether (sulfide) groups is 1. The van der Waals surface area contributed by atoms with E-state index in [-0.39, 0.29) is 23.6 Å². The zero-order valence-electron chi connectivity index (χ0n) is 15.3. The fourth-order valence-corrected chi connectivity index (χ4v) is 3.76. The van der Waals surface area contributed by atoms with Gasteiger partial charge in [-0.15, -0.1) is 0 Å². The van der Waals surface area contributed by atoms with E-state index in [2.05, 4.69) is 0 Å². The molecular formula is C21H19ClFNO3S. The molecule has 0 saturated carbocycles. The van der Waals surface area contributed by atoms with Gasteiger partial charge in [0.2, 0.25) is 0 Å². The van der Waals surface area contributed by atoms with Gasteiger partial charge in [-0.25, -0.2) is 4.39 Å². The van der Waals surface area contributed by atoms with Gasteiger partial charge in [0.1, 0.15) is 18.2 Å². The van der Waals surface area contributed by atoms with Crippen LogP contribution >= 0.6 is 23.4 Å². The van der Waals surface area contributed by atoms with Gasteiger partial charge in [0.05, 0.1) is 9.93 Å². The standard InChI is InChI=1S/C21H19ClFNO3S/c1-2-3-10-24-20(25)19(28-21(24)26)12-14-8-9-18(16(22)11-14)27-13-15-6-4-5-7-17(15)23/h4-9,11-12H,2-3,10,13H2,1H3/b19-12-. The Balaban J connectivity index is 1.70. The number of hydrogen-bond acceptors (Lipinski definition) is 4. The van der Waals surface area contributed by atoms with Crippen molar-refractivity contribution in [1.82, 2.24) is 4.90 Å². The van der Waals surface area contributed by atoms with E-state index in [0.717, 1.165) is 24.6 Å². The van der Waals surface area contributed by atoms with E-state index in [0.29, 0.717) is 33.3 Å². The van der Waals surface area contributed by atoms with Gasteiger partial charge in [-0.3, -0.25) is 14.5 Å². The zero-order chi connectivity index (χ0) is 20.1. The fraction of sp³-hybridized carbons (Fsp3) is 0.238. The van der Waals surface area contributed by atoms with Crippen molar-refractivity contribution in [2.45, 2.75) is 26.4 Å². The van der Waals surface area contributed by atoms with Gasteiger partial charge in [-0.2, -0.15) is 0 Å². The number of amides is 2. The lowest BCUT2D eigenvalue weighted by molar-refractivity contribution is -0.122. The van der Waals surface area contributed by atoms with Crippen molar-refractivity contribution in [1.29, 1.82) is 0 Å². The molecule has 1 fully saturated rings. The van der Waals surface area contributed by atoms with Crippen LogP contribution in [-0.4, -0.2) is 22.6 Å². The number of hydrogen-bond donors (Lipinski definition) is 0. The van der Waals surface area contributed by atoms with Gasteiger partial charge in [0.15, 0.2) is 0 Å². The first kappa shape index (κ1) is 20.4. The van der Waals surface area contributed by atoms with Crippen LogP contribution < -0.4 is 4.74 Å². The first-order chi connectivity index (χ1) is 13.5. The number of rotatable bonds is 7. The predicted octanol–water partition coefficient (Wildman–Crippen LogP) is 5.89. The monoisotopic (exact) mass is 419 g/mol. The molecule has 0 radical (unpaired) electrons. The lowest BCUT2D eigenvalue weighted by Crippen LogP contribution is -2.29. The summed E-state index contributed by atoms with van der Waals surface area (Å²) < 4.78 is 19.3. The first-order valence-electron chi connectivity index (χ1n) is 8.90. The molecule has 2 aromatic rings. The van der Waals surface area contributed by atoms with Crippen LogP contribution in [0.25, 0.3) is 6.08 Å². The lowest BCUT2D eigenvalue weighted by atomic mass is 10.2. The van der Waals surface area contributed by atoms with Crippen molar-refractivity contribution in [3.05, 3.63) is 69.3 Å². The van der Waals surface area contributed by atoms with Crippen molar-refractivity contribution in [2.24, 2.45) is 0 Å².